The van der Waals surface area contributed by atoms with Crippen LogP contribution in [0.4, 0.5) is 0 Å². The molecule has 0 fully saturated rings. The molecule has 0 rings (SSSR count). The lowest BCUT2D eigenvalue weighted by Gasteiger charge is -2.07. The van der Waals surface area contributed by atoms with Gasteiger partial charge < -0.3 is 5.73 Å². The molecule has 0 radical (unpaired) electrons. The monoisotopic (exact) mass is 273 g/mol. The number of nitrogens with two attached hydrogens (primary N) is 1. The second-order valence-electron chi connectivity index (χ2n) is 5.43. The van der Waals surface area contributed by atoms with E-state index in [9.17, 15) is 0 Å². The highest BCUT2D eigenvalue weighted by Gasteiger charge is 1.98. The van der Waals surface area contributed by atoms with Gasteiger partial charge in [-0.2, -0.15) is 11.8 Å². The van der Waals surface area contributed by atoms with Crippen LogP contribution in [-0.2, 0) is 0 Å². The quantitative estimate of drug-likeness (QED) is 0.430. The maximum Gasteiger partial charge on any atom is 0.0127 e. The molecule has 2 heteroatoms. The van der Waals surface area contributed by atoms with Crippen LogP contribution in [0.15, 0.2) is 0 Å². The lowest BCUT2D eigenvalue weighted by molar-refractivity contribution is 0.563. The number of hydrogen-bond donors (Lipinski definition) is 1. The molecule has 0 bridgehead atoms. The van der Waals surface area contributed by atoms with E-state index < -0.39 is 0 Å². The molecule has 0 spiro atoms. The number of hydrogen-bond acceptors (Lipinski definition) is 2. The van der Waals surface area contributed by atoms with Crippen molar-refractivity contribution in [2.45, 2.75) is 90.5 Å². The molecule has 18 heavy (non-hydrogen) atoms. The van der Waals surface area contributed by atoms with Crippen molar-refractivity contribution in [3.63, 3.8) is 0 Å². The summed E-state index contributed by atoms with van der Waals surface area (Å²) in [6.07, 6.45) is 15.4. The topological polar surface area (TPSA) is 26.0 Å². The van der Waals surface area contributed by atoms with Crippen LogP contribution in [0.2, 0.25) is 0 Å². The van der Waals surface area contributed by atoms with E-state index in [-0.39, 0.29) is 0 Å². The van der Waals surface area contributed by atoms with E-state index in [0.717, 1.165) is 12.2 Å². The summed E-state index contributed by atoms with van der Waals surface area (Å²) >= 11 is 2.04. The van der Waals surface area contributed by atoms with Gasteiger partial charge in [0.1, 0.15) is 0 Å². The van der Waals surface area contributed by atoms with Gasteiger partial charge in [0, 0.05) is 11.8 Å². The van der Waals surface area contributed by atoms with Crippen molar-refractivity contribution in [2.24, 2.45) is 5.73 Å². The highest BCUT2D eigenvalue weighted by molar-refractivity contribution is 7.99. The highest BCUT2D eigenvalue weighted by atomic mass is 32.2. The Bertz CT molecular complexity index is 150. The average Bonchev–Trinajstić information content (AvgIpc) is 2.39. The van der Waals surface area contributed by atoms with Crippen LogP contribution in [0, 0.1) is 0 Å². The minimum atomic E-state index is 0.415. The summed E-state index contributed by atoms with van der Waals surface area (Å²) in [5, 5.41) is 0. The van der Waals surface area contributed by atoms with Gasteiger partial charge in [0.15, 0.2) is 0 Å². The van der Waals surface area contributed by atoms with Crippen molar-refractivity contribution in [1.82, 2.24) is 0 Å². The van der Waals surface area contributed by atoms with E-state index in [2.05, 4.69) is 13.8 Å². The summed E-state index contributed by atoms with van der Waals surface area (Å²) in [7, 11) is 0. The third-order valence-corrected chi connectivity index (χ3v) is 4.74. The molecule has 110 valence electrons. The van der Waals surface area contributed by atoms with Gasteiger partial charge in [-0.15, -0.1) is 0 Å². The molecule has 0 aromatic heterocycles. The van der Waals surface area contributed by atoms with Gasteiger partial charge in [0.2, 0.25) is 0 Å². The Balaban J connectivity index is 2.94. The molecule has 1 atom stereocenters. The molecule has 1 unspecified atom stereocenters. The van der Waals surface area contributed by atoms with Crippen LogP contribution in [0.1, 0.15) is 84.5 Å². The predicted octanol–water partition coefficient (Wildman–Crippen LogP) is 5.38. The number of thioether (sulfide) groups is 1. The first-order valence-corrected chi connectivity index (χ1v) is 9.30. The van der Waals surface area contributed by atoms with Gasteiger partial charge in [-0.3, -0.25) is 0 Å². The van der Waals surface area contributed by atoms with Gasteiger partial charge in [0.25, 0.3) is 0 Å². The minimum Gasteiger partial charge on any atom is -0.327 e. The van der Waals surface area contributed by atoms with Crippen LogP contribution in [0.5, 0.6) is 0 Å². The second-order valence-corrected chi connectivity index (χ2v) is 6.58. The maximum atomic E-state index is 5.88. The lowest BCUT2D eigenvalue weighted by Crippen LogP contribution is -2.21. The van der Waals surface area contributed by atoms with E-state index in [4.69, 9.17) is 5.73 Å². The maximum absolute atomic E-state index is 5.88. The highest BCUT2D eigenvalue weighted by Crippen LogP contribution is 2.12. The molecule has 0 heterocycles. The Morgan fingerprint density at radius 3 is 1.78 bits per heavy atom. The lowest BCUT2D eigenvalue weighted by atomic mass is 10.1. The first-order chi connectivity index (χ1) is 8.81. The number of rotatable bonds is 14. The normalized spacial score (nSPS) is 12.8. The Morgan fingerprint density at radius 2 is 1.28 bits per heavy atom. The van der Waals surface area contributed by atoms with Crippen LogP contribution < -0.4 is 5.73 Å². The molecule has 0 aromatic rings. The van der Waals surface area contributed by atoms with Crippen molar-refractivity contribution in [1.29, 1.82) is 0 Å². The van der Waals surface area contributed by atoms with Crippen LogP contribution >= 0.6 is 11.8 Å². The standard InChI is InChI=1S/C16H35NS/c1-3-5-6-7-8-9-10-11-12-13-14-18-15-16(17)4-2/h16H,3-15,17H2,1-2H3. The molecule has 0 saturated carbocycles. The van der Waals surface area contributed by atoms with Gasteiger partial charge in [-0.1, -0.05) is 71.6 Å². The SMILES string of the molecule is CCCCCCCCCCCCSCC(N)CC. The third-order valence-electron chi connectivity index (χ3n) is 3.50. The van der Waals surface area contributed by atoms with Gasteiger partial charge in [-0.05, 0) is 18.6 Å². The van der Waals surface area contributed by atoms with E-state index in [0.29, 0.717) is 6.04 Å². The fraction of sp³-hybridized carbons (Fsp3) is 1.00. The summed E-state index contributed by atoms with van der Waals surface area (Å²) in [5.74, 6) is 2.46. The zero-order chi connectivity index (χ0) is 13.5. The summed E-state index contributed by atoms with van der Waals surface area (Å²) in [5.41, 5.74) is 5.88. The third kappa shape index (κ3) is 14.4. The van der Waals surface area contributed by atoms with Crippen molar-refractivity contribution in [2.75, 3.05) is 11.5 Å². The van der Waals surface area contributed by atoms with Crippen LogP contribution in [0.25, 0.3) is 0 Å². The summed E-state index contributed by atoms with van der Waals surface area (Å²) in [4.78, 5) is 0. The van der Waals surface area contributed by atoms with Crippen molar-refractivity contribution in [3.05, 3.63) is 0 Å². The largest absolute Gasteiger partial charge is 0.327 e. The van der Waals surface area contributed by atoms with Gasteiger partial charge in [-0.25, -0.2) is 0 Å². The molecular formula is C16H35NS. The summed E-state index contributed by atoms with van der Waals surface area (Å²) in [6, 6.07) is 0.415. The second kappa shape index (κ2) is 15.4. The van der Waals surface area contributed by atoms with Crippen molar-refractivity contribution in [3.8, 4) is 0 Å². The number of unbranched alkanes of at least 4 members (excludes halogenated alkanes) is 9. The fourth-order valence-corrected chi connectivity index (χ4v) is 3.16. The molecular weight excluding hydrogens is 238 g/mol. The fourth-order valence-electron chi connectivity index (χ4n) is 2.04. The molecule has 0 aliphatic carbocycles. The van der Waals surface area contributed by atoms with Gasteiger partial charge >= 0.3 is 0 Å². The Kier molecular flexibility index (Phi) is 15.6. The van der Waals surface area contributed by atoms with E-state index in [1.54, 1.807) is 0 Å². The zero-order valence-corrected chi connectivity index (χ0v) is 13.6. The predicted molar refractivity (Wildman–Crippen MR) is 87.4 cm³/mol. The Labute approximate surface area is 120 Å². The van der Waals surface area contributed by atoms with E-state index in [1.165, 1.54) is 70.0 Å². The van der Waals surface area contributed by atoms with Crippen molar-refractivity contribution < 1.29 is 0 Å². The van der Waals surface area contributed by atoms with Crippen molar-refractivity contribution >= 4 is 11.8 Å². The molecule has 1 nitrogen and oxygen atoms in total. The minimum absolute atomic E-state index is 0.415. The molecule has 2 N–H and O–H groups in total. The zero-order valence-electron chi connectivity index (χ0n) is 12.8. The van der Waals surface area contributed by atoms with Gasteiger partial charge in [0.05, 0.1) is 0 Å². The summed E-state index contributed by atoms with van der Waals surface area (Å²) in [6.45, 7) is 4.46. The van der Waals surface area contributed by atoms with Crippen LogP contribution in [-0.4, -0.2) is 17.5 Å². The van der Waals surface area contributed by atoms with Crippen LogP contribution in [0.3, 0.4) is 0 Å². The Morgan fingerprint density at radius 1 is 0.778 bits per heavy atom. The molecule has 0 saturated heterocycles. The first-order valence-electron chi connectivity index (χ1n) is 8.14. The molecule has 0 amide bonds. The molecule has 0 aromatic carbocycles. The molecule has 0 aliphatic rings. The smallest absolute Gasteiger partial charge is 0.0127 e. The summed E-state index contributed by atoms with van der Waals surface area (Å²) < 4.78 is 0. The average molecular weight is 274 g/mol. The van der Waals surface area contributed by atoms with E-state index >= 15 is 0 Å². The van der Waals surface area contributed by atoms with E-state index in [1.807, 2.05) is 11.8 Å². The molecule has 0 aliphatic heterocycles. The Hall–Kier alpha value is 0.310. The first kappa shape index (κ1) is 18.3.